The van der Waals surface area contributed by atoms with Crippen LogP contribution in [0, 0.1) is 0 Å². The number of nitrogens with one attached hydrogen (secondary N) is 1. The van der Waals surface area contributed by atoms with Gasteiger partial charge in [0.1, 0.15) is 5.01 Å². The molecule has 2 rings (SSSR count). The molecule has 0 saturated heterocycles. The van der Waals surface area contributed by atoms with E-state index in [-0.39, 0.29) is 11.9 Å². The highest BCUT2D eigenvalue weighted by Crippen LogP contribution is 2.23. The number of amides is 1. The van der Waals surface area contributed by atoms with Crippen LogP contribution >= 0.6 is 38.6 Å². The van der Waals surface area contributed by atoms with E-state index in [0.29, 0.717) is 5.56 Å². The molecule has 1 atom stereocenters. The highest BCUT2D eigenvalue weighted by atomic mass is 79.9. The summed E-state index contributed by atoms with van der Waals surface area (Å²) in [5, 5.41) is 7.71. The van der Waals surface area contributed by atoms with Gasteiger partial charge in [-0.3, -0.25) is 4.79 Å². The maximum Gasteiger partial charge on any atom is 0.252 e. The van der Waals surface area contributed by atoms with Crippen molar-refractivity contribution in [1.82, 2.24) is 10.3 Å². The van der Waals surface area contributed by atoms with E-state index in [2.05, 4.69) is 26.2 Å². The highest BCUT2D eigenvalue weighted by molar-refractivity contribution is 9.11. The lowest BCUT2D eigenvalue weighted by atomic mass is 10.2. The number of hydrogen-bond acceptors (Lipinski definition) is 4. The van der Waals surface area contributed by atoms with Gasteiger partial charge in [-0.25, -0.2) is 4.98 Å². The van der Waals surface area contributed by atoms with Crippen molar-refractivity contribution in [2.24, 2.45) is 0 Å². The van der Waals surface area contributed by atoms with Crippen molar-refractivity contribution in [3.05, 3.63) is 37.4 Å². The average Bonchev–Trinajstić information content (AvgIpc) is 2.96. The molecule has 2 aromatic rings. The second-order valence-corrected chi connectivity index (χ2v) is 6.66. The van der Waals surface area contributed by atoms with E-state index in [9.17, 15) is 4.79 Å². The van der Waals surface area contributed by atoms with Crippen LogP contribution in [0.3, 0.4) is 0 Å². The third kappa shape index (κ3) is 3.14. The molecule has 90 valence electrons. The molecule has 2 aromatic heterocycles. The number of halogens is 1. The number of thiazole rings is 1. The first-order chi connectivity index (χ1) is 8.20. The molecule has 0 bridgehead atoms. The van der Waals surface area contributed by atoms with Gasteiger partial charge in [-0.1, -0.05) is 6.92 Å². The third-order valence-electron chi connectivity index (χ3n) is 2.29. The molecule has 2 heterocycles. The zero-order chi connectivity index (χ0) is 12.3. The largest absolute Gasteiger partial charge is 0.343 e. The minimum atomic E-state index is -0.0472. The predicted octanol–water partition coefficient (Wildman–Crippen LogP) is 3.85. The molecule has 0 aromatic carbocycles. The zero-order valence-corrected chi connectivity index (χ0v) is 12.4. The van der Waals surface area contributed by atoms with Crippen LogP contribution in [0.1, 0.15) is 34.8 Å². The van der Waals surface area contributed by atoms with E-state index >= 15 is 0 Å². The molecule has 0 aliphatic rings. The van der Waals surface area contributed by atoms with Crippen molar-refractivity contribution < 1.29 is 4.79 Å². The SMILES string of the molecule is CCC(NC(=O)c1csc(Br)c1)c1nccs1. The number of carbonyl (C=O) groups is 1. The fourth-order valence-electron chi connectivity index (χ4n) is 1.42. The van der Waals surface area contributed by atoms with Gasteiger partial charge in [-0.15, -0.1) is 22.7 Å². The highest BCUT2D eigenvalue weighted by Gasteiger charge is 2.16. The minimum Gasteiger partial charge on any atom is -0.343 e. The second-order valence-electron chi connectivity index (χ2n) is 3.44. The Kier molecular flexibility index (Phi) is 4.31. The van der Waals surface area contributed by atoms with Crippen LogP contribution in [-0.4, -0.2) is 10.9 Å². The van der Waals surface area contributed by atoms with E-state index in [1.54, 1.807) is 17.5 Å². The number of rotatable bonds is 4. The minimum absolute atomic E-state index is 0.00109. The fourth-order valence-corrected chi connectivity index (χ4v) is 3.33. The third-order valence-corrected chi connectivity index (χ3v) is 4.69. The Morgan fingerprint density at radius 2 is 2.41 bits per heavy atom. The molecule has 1 N–H and O–H groups in total. The summed E-state index contributed by atoms with van der Waals surface area (Å²) in [6.45, 7) is 2.04. The van der Waals surface area contributed by atoms with Gasteiger partial charge < -0.3 is 5.32 Å². The molecular formula is C11H11BrN2OS2. The molecule has 1 amide bonds. The first-order valence-electron chi connectivity index (χ1n) is 5.15. The van der Waals surface area contributed by atoms with Crippen LogP contribution in [-0.2, 0) is 0 Å². The standard InChI is InChI=1S/C11H11BrN2OS2/c1-2-8(11-13-3-4-16-11)14-10(15)7-5-9(12)17-6-7/h3-6,8H,2H2,1H3,(H,14,15). The van der Waals surface area contributed by atoms with Gasteiger partial charge >= 0.3 is 0 Å². The maximum absolute atomic E-state index is 12.0. The van der Waals surface area contributed by atoms with Crippen molar-refractivity contribution in [2.45, 2.75) is 19.4 Å². The zero-order valence-electron chi connectivity index (χ0n) is 9.14. The summed E-state index contributed by atoms with van der Waals surface area (Å²) < 4.78 is 0.963. The van der Waals surface area contributed by atoms with Crippen LogP contribution in [0.15, 0.2) is 26.8 Å². The fraction of sp³-hybridized carbons (Fsp3) is 0.273. The van der Waals surface area contributed by atoms with Crippen molar-refractivity contribution in [2.75, 3.05) is 0 Å². The van der Waals surface area contributed by atoms with Gasteiger partial charge in [-0.05, 0) is 28.4 Å². The summed E-state index contributed by atoms with van der Waals surface area (Å²) in [6.07, 6.45) is 2.60. The molecule has 0 fully saturated rings. The number of nitrogens with zero attached hydrogens (tertiary/aromatic N) is 1. The topological polar surface area (TPSA) is 42.0 Å². The smallest absolute Gasteiger partial charge is 0.252 e. The van der Waals surface area contributed by atoms with Crippen molar-refractivity contribution in [1.29, 1.82) is 0 Å². The molecule has 6 heteroatoms. The average molecular weight is 331 g/mol. The number of carbonyl (C=O) groups excluding carboxylic acids is 1. The predicted molar refractivity (Wildman–Crippen MR) is 74.6 cm³/mol. The summed E-state index contributed by atoms with van der Waals surface area (Å²) in [5.74, 6) is -0.0472. The Morgan fingerprint density at radius 3 is 2.94 bits per heavy atom. The van der Waals surface area contributed by atoms with Gasteiger partial charge in [0.25, 0.3) is 5.91 Å². The van der Waals surface area contributed by atoms with Crippen molar-refractivity contribution in [3.8, 4) is 0 Å². The lowest BCUT2D eigenvalue weighted by molar-refractivity contribution is 0.0936. The summed E-state index contributed by atoms with van der Waals surface area (Å²) in [7, 11) is 0. The van der Waals surface area contributed by atoms with Gasteiger partial charge in [0.15, 0.2) is 0 Å². The summed E-state index contributed by atoms with van der Waals surface area (Å²) in [4.78, 5) is 16.2. The van der Waals surface area contributed by atoms with E-state index in [1.165, 1.54) is 11.3 Å². The molecule has 0 aliphatic heterocycles. The molecular weight excluding hydrogens is 320 g/mol. The van der Waals surface area contributed by atoms with Gasteiger partial charge in [0.2, 0.25) is 0 Å². The Balaban J connectivity index is 2.07. The molecule has 1 unspecified atom stereocenters. The first-order valence-corrected chi connectivity index (χ1v) is 7.70. The second kappa shape index (κ2) is 5.75. The van der Waals surface area contributed by atoms with E-state index in [4.69, 9.17) is 0 Å². The van der Waals surface area contributed by atoms with Gasteiger partial charge in [-0.2, -0.15) is 0 Å². The van der Waals surface area contributed by atoms with Gasteiger partial charge in [0, 0.05) is 17.0 Å². The van der Waals surface area contributed by atoms with Crippen molar-refractivity contribution >= 4 is 44.5 Å². The van der Waals surface area contributed by atoms with Crippen molar-refractivity contribution in [3.63, 3.8) is 0 Å². The van der Waals surface area contributed by atoms with Crippen LogP contribution in [0.25, 0.3) is 0 Å². The van der Waals surface area contributed by atoms with E-state index < -0.39 is 0 Å². The molecule has 0 radical (unpaired) electrons. The lowest BCUT2D eigenvalue weighted by Crippen LogP contribution is -2.27. The Labute approximate surface area is 116 Å². The normalized spacial score (nSPS) is 12.4. The summed E-state index contributed by atoms with van der Waals surface area (Å²) in [5.41, 5.74) is 0.692. The Bertz CT molecular complexity index is 495. The van der Waals surface area contributed by atoms with E-state index in [1.807, 2.05) is 23.8 Å². The van der Waals surface area contributed by atoms with E-state index in [0.717, 1.165) is 15.2 Å². The van der Waals surface area contributed by atoms with Crippen LogP contribution in [0.5, 0.6) is 0 Å². The number of aromatic nitrogens is 1. The van der Waals surface area contributed by atoms with Crippen LogP contribution in [0.4, 0.5) is 0 Å². The van der Waals surface area contributed by atoms with Crippen LogP contribution in [0.2, 0.25) is 0 Å². The molecule has 3 nitrogen and oxygen atoms in total. The lowest BCUT2D eigenvalue weighted by Gasteiger charge is -2.13. The molecule has 17 heavy (non-hydrogen) atoms. The first kappa shape index (κ1) is 12.7. The van der Waals surface area contributed by atoms with Gasteiger partial charge in [0.05, 0.1) is 15.4 Å². The Hall–Kier alpha value is -0.720. The molecule has 0 spiro atoms. The number of thiophene rings is 1. The maximum atomic E-state index is 12.0. The summed E-state index contributed by atoms with van der Waals surface area (Å²) >= 11 is 6.42. The molecule has 0 saturated carbocycles. The quantitative estimate of drug-likeness (QED) is 0.925. The van der Waals surface area contributed by atoms with Crippen LogP contribution < -0.4 is 5.32 Å². The summed E-state index contributed by atoms with van der Waals surface area (Å²) in [6, 6.07) is 1.83. The Morgan fingerprint density at radius 1 is 1.59 bits per heavy atom. The number of hydrogen-bond donors (Lipinski definition) is 1. The monoisotopic (exact) mass is 330 g/mol. The molecule has 0 aliphatic carbocycles.